The van der Waals surface area contributed by atoms with E-state index in [9.17, 15) is 4.79 Å². The number of allylic oxidation sites excluding steroid dienone is 1. The lowest BCUT2D eigenvalue weighted by Crippen LogP contribution is -2.30. The smallest absolute Gasteiger partial charge is 0.338 e. The van der Waals surface area contributed by atoms with Crippen LogP contribution in [-0.2, 0) is 16.1 Å². The fourth-order valence-electron chi connectivity index (χ4n) is 3.98. The first-order valence-electron chi connectivity index (χ1n) is 11.3. The van der Waals surface area contributed by atoms with Gasteiger partial charge in [0.2, 0.25) is 5.95 Å². The first-order valence-corrected chi connectivity index (χ1v) is 12.0. The molecule has 3 aromatic rings. The highest BCUT2D eigenvalue weighted by Crippen LogP contribution is 2.40. The number of nitrogens with zero attached hydrogens (tertiary/aromatic N) is 3. The van der Waals surface area contributed by atoms with Crippen molar-refractivity contribution in [1.29, 1.82) is 0 Å². The molecule has 0 saturated heterocycles. The van der Waals surface area contributed by atoms with Gasteiger partial charge in [0, 0.05) is 21.3 Å². The number of fused-ring (bicyclic) bond motifs is 1. The Morgan fingerprint density at radius 3 is 2.69 bits per heavy atom. The molecule has 0 saturated carbocycles. The number of methoxy groups -OCH3 is 1. The molecule has 1 aromatic heterocycles. The Balaban J connectivity index is 1.71. The number of hydrogen-bond acceptors (Lipinski definition) is 7. The lowest BCUT2D eigenvalue weighted by atomic mass is 9.93. The van der Waals surface area contributed by atoms with E-state index in [1.807, 2.05) is 25.1 Å². The SMILES string of the molecule is CCCC1=C(C(=O)OCC)[C@H](c2ccc(OCc3ccc(Cl)cc3Cl)c(OC)c2)n2ncnc2N1. The average Bonchev–Trinajstić information content (AvgIpc) is 3.31. The summed E-state index contributed by atoms with van der Waals surface area (Å²) in [6.45, 7) is 4.34. The molecule has 0 unspecified atom stereocenters. The lowest BCUT2D eigenvalue weighted by molar-refractivity contribution is -0.139. The Morgan fingerprint density at radius 2 is 1.97 bits per heavy atom. The topological polar surface area (TPSA) is 87.5 Å². The van der Waals surface area contributed by atoms with E-state index in [1.165, 1.54) is 6.33 Å². The van der Waals surface area contributed by atoms with Gasteiger partial charge >= 0.3 is 5.97 Å². The van der Waals surface area contributed by atoms with Gasteiger partial charge in [0.15, 0.2) is 11.5 Å². The molecule has 10 heteroatoms. The molecule has 0 amide bonds. The number of nitrogens with one attached hydrogen (secondary N) is 1. The van der Waals surface area contributed by atoms with Crippen LogP contribution in [0.15, 0.2) is 54.0 Å². The van der Waals surface area contributed by atoms with Crippen LogP contribution in [0.4, 0.5) is 5.95 Å². The van der Waals surface area contributed by atoms with E-state index in [0.29, 0.717) is 39.5 Å². The molecule has 1 aliphatic rings. The zero-order valence-corrected chi connectivity index (χ0v) is 21.2. The predicted octanol–water partition coefficient (Wildman–Crippen LogP) is 5.80. The van der Waals surface area contributed by atoms with Gasteiger partial charge in [-0.05, 0) is 43.2 Å². The minimum Gasteiger partial charge on any atom is -0.493 e. The van der Waals surface area contributed by atoms with Crippen LogP contribution < -0.4 is 14.8 Å². The Labute approximate surface area is 213 Å². The summed E-state index contributed by atoms with van der Waals surface area (Å²) in [5.41, 5.74) is 2.84. The number of hydrogen-bond donors (Lipinski definition) is 1. The molecule has 1 N–H and O–H groups in total. The van der Waals surface area contributed by atoms with E-state index in [1.54, 1.807) is 36.9 Å². The number of esters is 1. The fourth-order valence-corrected chi connectivity index (χ4v) is 4.45. The third-order valence-corrected chi connectivity index (χ3v) is 6.16. The molecule has 1 aliphatic heterocycles. The first kappa shape index (κ1) is 24.9. The van der Waals surface area contributed by atoms with E-state index < -0.39 is 12.0 Å². The maximum atomic E-state index is 13.1. The minimum atomic E-state index is -0.539. The number of carbonyl (C=O) groups is 1. The normalized spacial score (nSPS) is 14.8. The standard InChI is InChI=1S/C25H26Cl2N4O4/c1-4-6-19-22(24(32)34-5-2)23(31-25(30-19)28-14-29-31)15-8-10-20(21(11-15)33-3)35-13-16-7-9-17(26)12-18(16)27/h7-12,14,23H,4-6,13H2,1-3H3,(H,28,29,30)/t23-/m0/s1. The van der Waals surface area contributed by atoms with E-state index >= 15 is 0 Å². The van der Waals surface area contributed by atoms with Crippen molar-refractivity contribution >= 4 is 35.1 Å². The maximum Gasteiger partial charge on any atom is 0.338 e. The van der Waals surface area contributed by atoms with Crippen LogP contribution in [0.1, 0.15) is 43.9 Å². The molecule has 0 aliphatic carbocycles. The highest BCUT2D eigenvalue weighted by Gasteiger charge is 2.35. The molecule has 4 rings (SSSR count). The summed E-state index contributed by atoms with van der Waals surface area (Å²) in [6, 6.07) is 10.2. The second-order valence-corrected chi connectivity index (χ2v) is 8.70. The summed E-state index contributed by atoms with van der Waals surface area (Å²) in [5.74, 6) is 1.20. The third kappa shape index (κ3) is 5.23. The summed E-state index contributed by atoms with van der Waals surface area (Å²) in [4.78, 5) is 17.4. The Kier molecular flexibility index (Phi) is 7.83. The molecular formula is C25H26Cl2N4O4. The highest BCUT2D eigenvalue weighted by molar-refractivity contribution is 6.35. The van der Waals surface area contributed by atoms with Crippen molar-refractivity contribution in [2.24, 2.45) is 0 Å². The van der Waals surface area contributed by atoms with Crippen LogP contribution in [0, 0.1) is 0 Å². The van der Waals surface area contributed by atoms with Gasteiger partial charge in [-0.3, -0.25) is 0 Å². The van der Waals surface area contributed by atoms with Crippen LogP contribution in [0.3, 0.4) is 0 Å². The largest absolute Gasteiger partial charge is 0.493 e. The van der Waals surface area contributed by atoms with Gasteiger partial charge in [0.25, 0.3) is 0 Å². The van der Waals surface area contributed by atoms with Crippen LogP contribution in [0.5, 0.6) is 11.5 Å². The second-order valence-electron chi connectivity index (χ2n) is 7.85. The molecule has 8 nitrogen and oxygen atoms in total. The summed E-state index contributed by atoms with van der Waals surface area (Å²) >= 11 is 12.3. The van der Waals surface area contributed by atoms with Crippen molar-refractivity contribution in [3.8, 4) is 11.5 Å². The summed E-state index contributed by atoms with van der Waals surface area (Å²) in [6.07, 6.45) is 2.96. The fraction of sp³-hybridized carbons (Fsp3) is 0.320. The van der Waals surface area contributed by atoms with Gasteiger partial charge in [0.05, 0.1) is 19.3 Å². The molecule has 184 valence electrons. The number of ether oxygens (including phenoxy) is 3. The van der Waals surface area contributed by atoms with Crippen molar-refractivity contribution in [2.75, 3.05) is 19.0 Å². The van der Waals surface area contributed by atoms with E-state index in [-0.39, 0.29) is 13.2 Å². The lowest BCUT2D eigenvalue weighted by Gasteiger charge is -2.29. The Hall–Kier alpha value is -3.23. The van der Waals surface area contributed by atoms with E-state index in [2.05, 4.69) is 15.4 Å². The first-order chi connectivity index (χ1) is 17.0. The zero-order chi connectivity index (χ0) is 24.9. The maximum absolute atomic E-state index is 13.1. The number of anilines is 1. The van der Waals surface area contributed by atoms with Gasteiger partial charge in [-0.25, -0.2) is 9.48 Å². The predicted molar refractivity (Wildman–Crippen MR) is 134 cm³/mol. The summed E-state index contributed by atoms with van der Waals surface area (Å²) in [7, 11) is 1.56. The average molecular weight is 517 g/mol. The highest BCUT2D eigenvalue weighted by atomic mass is 35.5. The molecule has 0 fully saturated rings. The van der Waals surface area contributed by atoms with Crippen molar-refractivity contribution in [3.63, 3.8) is 0 Å². The van der Waals surface area contributed by atoms with Crippen LogP contribution in [-0.4, -0.2) is 34.5 Å². The quantitative estimate of drug-likeness (QED) is 0.359. The second kappa shape index (κ2) is 11.0. The molecule has 0 spiro atoms. The number of rotatable bonds is 9. The van der Waals surface area contributed by atoms with Gasteiger partial charge in [0.1, 0.15) is 19.0 Å². The van der Waals surface area contributed by atoms with Crippen LogP contribution in [0.25, 0.3) is 0 Å². The minimum absolute atomic E-state index is 0.237. The molecule has 0 radical (unpaired) electrons. The molecular weight excluding hydrogens is 491 g/mol. The molecule has 35 heavy (non-hydrogen) atoms. The summed E-state index contributed by atoms with van der Waals surface area (Å²) in [5, 5.41) is 8.70. The Morgan fingerprint density at radius 1 is 1.14 bits per heavy atom. The van der Waals surface area contributed by atoms with Crippen molar-refractivity contribution in [2.45, 2.75) is 39.3 Å². The van der Waals surface area contributed by atoms with Crippen molar-refractivity contribution in [1.82, 2.24) is 14.8 Å². The number of aromatic nitrogens is 3. The van der Waals surface area contributed by atoms with Gasteiger partial charge in [-0.1, -0.05) is 48.7 Å². The molecule has 0 bridgehead atoms. The molecule has 2 heterocycles. The zero-order valence-electron chi connectivity index (χ0n) is 19.7. The van der Waals surface area contributed by atoms with Gasteiger partial charge in [-0.15, -0.1) is 0 Å². The number of carbonyl (C=O) groups excluding carboxylic acids is 1. The van der Waals surface area contributed by atoms with Crippen LogP contribution in [0.2, 0.25) is 10.0 Å². The number of benzene rings is 2. The van der Waals surface area contributed by atoms with Gasteiger partial charge < -0.3 is 19.5 Å². The van der Waals surface area contributed by atoms with E-state index in [4.69, 9.17) is 37.4 Å². The molecule has 2 aromatic carbocycles. The van der Waals surface area contributed by atoms with Crippen molar-refractivity contribution < 1.29 is 19.0 Å². The Bertz CT molecular complexity index is 1260. The monoisotopic (exact) mass is 516 g/mol. The van der Waals surface area contributed by atoms with Crippen molar-refractivity contribution in [3.05, 3.63) is 75.2 Å². The third-order valence-electron chi connectivity index (χ3n) is 5.58. The van der Waals surface area contributed by atoms with Crippen LogP contribution >= 0.6 is 23.2 Å². The van der Waals surface area contributed by atoms with E-state index in [0.717, 1.165) is 23.2 Å². The summed E-state index contributed by atoms with van der Waals surface area (Å²) < 4.78 is 18.7. The molecule has 1 atom stereocenters. The van der Waals surface area contributed by atoms with Gasteiger partial charge in [-0.2, -0.15) is 10.1 Å². The number of halogens is 2.